The third kappa shape index (κ3) is 2.06. The molecule has 1 fully saturated rings. The van der Waals surface area contributed by atoms with Crippen molar-refractivity contribution in [1.29, 1.82) is 0 Å². The molecule has 2 rings (SSSR count). The first-order valence-corrected chi connectivity index (χ1v) is 4.37. The number of hydrogen-bond acceptors (Lipinski definition) is 5. The molecule has 1 aromatic heterocycles. The van der Waals surface area contributed by atoms with Gasteiger partial charge in [0.15, 0.2) is 5.69 Å². The van der Waals surface area contributed by atoms with Crippen LogP contribution in [0.4, 0.5) is 6.01 Å². The fraction of sp³-hybridized carbons (Fsp3) is 0.375. The van der Waals surface area contributed by atoms with E-state index in [0.717, 1.165) is 6.26 Å². The predicted molar refractivity (Wildman–Crippen MR) is 48.5 cm³/mol. The minimum absolute atomic E-state index is 0.0440. The Morgan fingerprint density at radius 3 is 3.07 bits per heavy atom. The average Bonchev–Trinajstić information content (AvgIpc) is 2.76. The van der Waals surface area contributed by atoms with E-state index in [9.17, 15) is 9.59 Å². The van der Waals surface area contributed by atoms with Crippen LogP contribution >= 0.6 is 0 Å². The summed E-state index contributed by atoms with van der Waals surface area (Å²) in [4.78, 5) is 25.0. The lowest BCUT2D eigenvalue weighted by Gasteiger charge is -2.06. The highest BCUT2D eigenvalue weighted by Gasteiger charge is 2.22. The standard InChI is InChI=1S/C8H9N3O4/c12-6-1-4(2-9-6)10-8-11-5(3-15-8)7(13)14/h3-4H,1-2H2,(H,9,12)(H,10,11)(H,13,14). The van der Waals surface area contributed by atoms with E-state index in [1.165, 1.54) is 0 Å². The molecular formula is C8H9N3O4. The Bertz CT molecular complexity index is 400. The molecule has 1 atom stereocenters. The maximum absolute atomic E-state index is 10.9. The monoisotopic (exact) mass is 211 g/mol. The van der Waals surface area contributed by atoms with Crippen molar-refractivity contribution in [3.8, 4) is 0 Å². The number of nitrogens with zero attached hydrogens (tertiary/aromatic N) is 1. The van der Waals surface area contributed by atoms with E-state index >= 15 is 0 Å². The molecule has 2 heterocycles. The Morgan fingerprint density at radius 2 is 2.53 bits per heavy atom. The molecule has 0 radical (unpaired) electrons. The van der Waals surface area contributed by atoms with Crippen LogP contribution in [0.2, 0.25) is 0 Å². The molecule has 1 amide bonds. The summed E-state index contributed by atoms with van der Waals surface area (Å²) in [5.41, 5.74) is -0.158. The zero-order valence-corrected chi connectivity index (χ0v) is 7.69. The summed E-state index contributed by atoms with van der Waals surface area (Å²) in [6.07, 6.45) is 1.39. The second-order valence-electron chi connectivity index (χ2n) is 3.19. The minimum atomic E-state index is -1.15. The van der Waals surface area contributed by atoms with Gasteiger partial charge in [-0.3, -0.25) is 4.79 Å². The van der Waals surface area contributed by atoms with Crippen LogP contribution in [0, 0.1) is 0 Å². The number of oxazole rings is 1. The van der Waals surface area contributed by atoms with Crippen LogP contribution in [0.1, 0.15) is 16.9 Å². The van der Waals surface area contributed by atoms with E-state index < -0.39 is 5.97 Å². The van der Waals surface area contributed by atoms with Gasteiger partial charge in [-0.25, -0.2) is 4.79 Å². The van der Waals surface area contributed by atoms with Gasteiger partial charge < -0.3 is 20.2 Å². The molecule has 1 unspecified atom stereocenters. The van der Waals surface area contributed by atoms with Gasteiger partial charge >= 0.3 is 5.97 Å². The third-order valence-corrected chi connectivity index (χ3v) is 2.03. The number of carbonyl (C=O) groups excluding carboxylic acids is 1. The van der Waals surface area contributed by atoms with Gasteiger partial charge in [-0.1, -0.05) is 0 Å². The van der Waals surface area contributed by atoms with Gasteiger partial charge in [0, 0.05) is 13.0 Å². The van der Waals surface area contributed by atoms with E-state index in [4.69, 9.17) is 9.52 Å². The zero-order chi connectivity index (χ0) is 10.8. The molecule has 80 valence electrons. The molecule has 7 heteroatoms. The Balaban J connectivity index is 1.99. The molecule has 0 saturated carbocycles. The first kappa shape index (κ1) is 9.50. The maximum Gasteiger partial charge on any atom is 0.357 e. The second kappa shape index (κ2) is 3.60. The van der Waals surface area contributed by atoms with Crippen LogP contribution in [-0.2, 0) is 4.79 Å². The number of hydrogen-bond donors (Lipinski definition) is 3. The molecule has 15 heavy (non-hydrogen) atoms. The van der Waals surface area contributed by atoms with Crippen LogP contribution in [-0.4, -0.2) is 34.6 Å². The fourth-order valence-electron chi connectivity index (χ4n) is 1.32. The topological polar surface area (TPSA) is 104 Å². The zero-order valence-electron chi connectivity index (χ0n) is 7.69. The normalized spacial score (nSPS) is 20.0. The summed E-state index contributed by atoms with van der Waals surface area (Å²) in [6.45, 7) is 0.490. The van der Waals surface area contributed by atoms with E-state index in [1.807, 2.05) is 0 Å². The van der Waals surface area contributed by atoms with Crippen LogP contribution in [0.15, 0.2) is 10.7 Å². The van der Waals surface area contributed by atoms with Crippen molar-refractivity contribution in [2.45, 2.75) is 12.5 Å². The smallest absolute Gasteiger partial charge is 0.357 e. The van der Waals surface area contributed by atoms with Crippen molar-refractivity contribution in [3.63, 3.8) is 0 Å². The summed E-state index contributed by atoms with van der Waals surface area (Å²) in [7, 11) is 0. The molecule has 1 aliphatic rings. The van der Waals surface area contributed by atoms with Crippen LogP contribution in [0.5, 0.6) is 0 Å². The Kier molecular flexibility index (Phi) is 2.28. The van der Waals surface area contributed by atoms with Gasteiger partial charge in [0.1, 0.15) is 6.26 Å². The van der Waals surface area contributed by atoms with Gasteiger partial charge in [-0.15, -0.1) is 0 Å². The largest absolute Gasteiger partial charge is 0.476 e. The molecule has 0 spiro atoms. The second-order valence-corrected chi connectivity index (χ2v) is 3.19. The lowest BCUT2D eigenvalue weighted by Crippen LogP contribution is -2.22. The minimum Gasteiger partial charge on any atom is -0.476 e. The number of carboxylic acids is 1. The van der Waals surface area contributed by atoms with Crippen molar-refractivity contribution < 1.29 is 19.1 Å². The van der Waals surface area contributed by atoms with Gasteiger partial charge in [-0.2, -0.15) is 4.98 Å². The lowest BCUT2D eigenvalue weighted by molar-refractivity contribution is -0.119. The van der Waals surface area contributed by atoms with Gasteiger partial charge in [0.2, 0.25) is 5.91 Å². The highest BCUT2D eigenvalue weighted by Crippen LogP contribution is 2.11. The highest BCUT2D eigenvalue weighted by atomic mass is 16.4. The van der Waals surface area contributed by atoms with Crippen molar-refractivity contribution >= 4 is 17.9 Å². The average molecular weight is 211 g/mol. The SMILES string of the molecule is O=C1CC(Nc2nc(C(=O)O)co2)CN1. The quantitative estimate of drug-likeness (QED) is 0.632. The summed E-state index contributed by atoms with van der Waals surface area (Å²) < 4.78 is 4.88. The molecule has 0 aromatic carbocycles. The van der Waals surface area contributed by atoms with E-state index in [0.29, 0.717) is 13.0 Å². The molecule has 1 saturated heterocycles. The van der Waals surface area contributed by atoms with Gasteiger partial charge in [0.05, 0.1) is 6.04 Å². The third-order valence-electron chi connectivity index (χ3n) is 2.03. The number of anilines is 1. The van der Waals surface area contributed by atoms with E-state index in [2.05, 4.69) is 15.6 Å². The lowest BCUT2D eigenvalue weighted by atomic mass is 10.3. The summed E-state index contributed by atoms with van der Waals surface area (Å²) in [6, 6.07) is 0.0201. The summed E-state index contributed by atoms with van der Waals surface area (Å²) in [5.74, 6) is -1.19. The van der Waals surface area contributed by atoms with Crippen molar-refractivity contribution in [3.05, 3.63) is 12.0 Å². The van der Waals surface area contributed by atoms with Crippen molar-refractivity contribution in [1.82, 2.24) is 10.3 Å². The van der Waals surface area contributed by atoms with Crippen LogP contribution in [0.3, 0.4) is 0 Å². The number of aromatic nitrogens is 1. The van der Waals surface area contributed by atoms with E-state index in [1.54, 1.807) is 0 Å². The molecule has 7 nitrogen and oxygen atoms in total. The van der Waals surface area contributed by atoms with Crippen molar-refractivity contribution in [2.75, 3.05) is 11.9 Å². The molecule has 1 aromatic rings. The van der Waals surface area contributed by atoms with Crippen LogP contribution < -0.4 is 10.6 Å². The number of amides is 1. The molecule has 3 N–H and O–H groups in total. The number of rotatable bonds is 3. The van der Waals surface area contributed by atoms with Gasteiger partial charge in [0.25, 0.3) is 6.01 Å². The number of nitrogens with one attached hydrogen (secondary N) is 2. The first-order chi connectivity index (χ1) is 7.15. The number of aromatic carboxylic acids is 1. The van der Waals surface area contributed by atoms with Gasteiger partial charge in [-0.05, 0) is 0 Å². The Hall–Kier alpha value is -2.05. The Morgan fingerprint density at radius 1 is 1.73 bits per heavy atom. The Labute approximate surface area is 84.5 Å². The summed E-state index contributed by atoms with van der Waals surface area (Å²) >= 11 is 0. The molecule has 0 aliphatic carbocycles. The fourth-order valence-corrected chi connectivity index (χ4v) is 1.32. The first-order valence-electron chi connectivity index (χ1n) is 4.37. The number of carbonyl (C=O) groups is 2. The molecular weight excluding hydrogens is 202 g/mol. The summed E-state index contributed by atoms with van der Waals surface area (Å²) in [5, 5.41) is 14.0. The maximum atomic E-state index is 10.9. The molecule has 0 bridgehead atoms. The number of carboxylic acid groups (broad SMARTS) is 1. The van der Waals surface area contributed by atoms with E-state index in [-0.39, 0.29) is 23.7 Å². The highest BCUT2D eigenvalue weighted by molar-refractivity contribution is 5.85. The molecule has 1 aliphatic heterocycles. The van der Waals surface area contributed by atoms with Crippen LogP contribution in [0.25, 0.3) is 0 Å². The predicted octanol–water partition coefficient (Wildman–Crippen LogP) is -0.327. The van der Waals surface area contributed by atoms with Crippen molar-refractivity contribution in [2.24, 2.45) is 0 Å².